The Morgan fingerprint density at radius 3 is 2.75 bits per heavy atom. The van der Waals surface area contributed by atoms with Gasteiger partial charge in [0, 0.05) is 18.6 Å². The van der Waals surface area contributed by atoms with Crippen molar-refractivity contribution in [2.75, 3.05) is 11.9 Å². The van der Waals surface area contributed by atoms with Gasteiger partial charge in [0.1, 0.15) is 12.4 Å². The van der Waals surface area contributed by atoms with Gasteiger partial charge in [-0.1, -0.05) is 26.0 Å². The monoisotopic (exact) mass is 348 g/mol. The lowest BCUT2D eigenvalue weighted by atomic mass is 10.1. The van der Waals surface area contributed by atoms with Crippen LogP contribution in [0.25, 0.3) is 0 Å². The maximum Gasteiger partial charge on any atom is 0.253 e. The molecule has 1 aromatic carbocycles. The van der Waals surface area contributed by atoms with Crippen molar-refractivity contribution in [1.82, 2.24) is 14.8 Å². The minimum absolute atomic E-state index is 0.148. The van der Waals surface area contributed by atoms with Gasteiger partial charge in [-0.05, 0) is 43.2 Å². The third-order valence-corrected chi connectivity index (χ3v) is 4.58. The van der Waals surface area contributed by atoms with Crippen molar-refractivity contribution in [2.45, 2.75) is 43.3 Å². The first-order valence-corrected chi connectivity index (χ1v) is 8.82. The first-order chi connectivity index (χ1) is 11.5. The molecule has 1 amide bonds. The van der Waals surface area contributed by atoms with E-state index in [0.29, 0.717) is 12.5 Å². The van der Waals surface area contributed by atoms with Crippen molar-refractivity contribution >= 4 is 23.4 Å². The third kappa shape index (κ3) is 5.35. The van der Waals surface area contributed by atoms with Crippen LogP contribution >= 0.6 is 11.8 Å². The van der Waals surface area contributed by atoms with Gasteiger partial charge in [0.25, 0.3) is 5.91 Å². The minimum Gasteiger partial charge on any atom is -0.369 e. The largest absolute Gasteiger partial charge is 0.369 e. The molecule has 1 aromatic heterocycles. The van der Waals surface area contributed by atoms with Crippen molar-refractivity contribution < 1.29 is 9.53 Å². The van der Waals surface area contributed by atoms with Gasteiger partial charge in [0.05, 0.1) is 5.69 Å². The van der Waals surface area contributed by atoms with Crippen molar-refractivity contribution in [3.63, 3.8) is 0 Å². The fourth-order valence-electron chi connectivity index (χ4n) is 1.91. The number of anilines is 1. The second kappa shape index (κ2) is 8.84. The zero-order valence-corrected chi connectivity index (χ0v) is 15.3. The molecule has 0 aliphatic heterocycles. The van der Waals surface area contributed by atoms with Crippen LogP contribution in [-0.2, 0) is 16.6 Å². The summed E-state index contributed by atoms with van der Waals surface area (Å²) in [4.78, 5) is 13.2. The van der Waals surface area contributed by atoms with Gasteiger partial charge in [-0.15, -0.1) is 10.2 Å². The molecular weight excluding hydrogens is 324 g/mol. The molecule has 7 heteroatoms. The number of benzene rings is 1. The molecule has 2 rings (SSSR count). The molecule has 0 bridgehead atoms. The molecule has 0 fully saturated rings. The fourth-order valence-corrected chi connectivity index (χ4v) is 2.76. The Kier molecular flexibility index (Phi) is 6.81. The second-order valence-corrected chi connectivity index (χ2v) is 7.02. The highest BCUT2D eigenvalue weighted by Gasteiger charge is 2.16. The number of ether oxygens (including phenoxy) is 1. The molecule has 0 aliphatic rings. The van der Waals surface area contributed by atoms with E-state index in [9.17, 15) is 4.79 Å². The standard InChI is InChI=1S/C17H24N4O2S/c1-12(2)9-10-23-13(3)16(22)19-14-7-5-6-8-15(14)24-17-20-18-11-21(17)4/h5-8,11-13H,9-10H2,1-4H3,(H,19,22)/t13-/m1/s1. The number of rotatable bonds is 8. The van der Waals surface area contributed by atoms with E-state index in [4.69, 9.17) is 4.74 Å². The van der Waals surface area contributed by atoms with Gasteiger partial charge in [0.2, 0.25) is 0 Å². The number of hydrogen-bond donors (Lipinski definition) is 1. The molecule has 0 aliphatic carbocycles. The predicted octanol–water partition coefficient (Wildman–Crippen LogP) is 3.36. The number of aromatic nitrogens is 3. The van der Waals surface area contributed by atoms with E-state index < -0.39 is 6.10 Å². The van der Waals surface area contributed by atoms with Crippen molar-refractivity contribution in [1.29, 1.82) is 0 Å². The second-order valence-electron chi connectivity index (χ2n) is 6.01. The molecule has 1 heterocycles. The van der Waals surface area contributed by atoms with E-state index >= 15 is 0 Å². The number of aryl methyl sites for hydroxylation is 1. The Hall–Kier alpha value is -1.86. The zero-order valence-electron chi connectivity index (χ0n) is 14.5. The summed E-state index contributed by atoms with van der Waals surface area (Å²) in [6, 6.07) is 7.63. The van der Waals surface area contributed by atoms with Crippen LogP contribution in [0.4, 0.5) is 5.69 Å². The average Bonchev–Trinajstić information content (AvgIpc) is 2.94. The summed E-state index contributed by atoms with van der Waals surface area (Å²) in [5, 5.41) is 11.6. The number of carbonyl (C=O) groups is 1. The molecule has 1 N–H and O–H groups in total. The Morgan fingerprint density at radius 1 is 1.33 bits per heavy atom. The van der Waals surface area contributed by atoms with Crippen molar-refractivity contribution in [2.24, 2.45) is 13.0 Å². The van der Waals surface area contributed by atoms with Crippen LogP contribution in [-0.4, -0.2) is 33.4 Å². The summed E-state index contributed by atoms with van der Waals surface area (Å²) in [6.45, 7) is 6.62. The molecule has 130 valence electrons. The van der Waals surface area contributed by atoms with Crippen LogP contribution < -0.4 is 5.32 Å². The highest BCUT2D eigenvalue weighted by atomic mass is 32.2. The molecule has 1 atom stereocenters. The van der Waals surface area contributed by atoms with Gasteiger partial charge in [-0.2, -0.15) is 0 Å². The quantitative estimate of drug-likeness (QED) is 0.792. The topological polar surface area (TPSA) is 69.0 Å². The third-order valence-electron chi connectivity index (χ3n) is 3.45. The predicted molar refractivity (Wildman–Crippen MR) is 95.1 cm³/mol. The lowest BCUT2D eigenvalue weighted by Crippen LogP contribution is -2.28. The van der Waals surface area contributed by atoms with Gasteiger partial charge < -0.3 is 14.6 Å². The van der Waals surface area contributed by atoms with Crippen LogP contribution in [0.5, 0.6) is 0 Å². The number of nitrogens with one attached hydrogen (secondary N) is 1. The molecule has 6 nitrogen and oxygen atoms in total. The summed E-state index contributed by atoms with van der Waals surface area (Å²) >= 11 is 1.46. The molecule has 0 saturated heterocycles. The fraction of sp³-hybridized carbons (Fsp3) is 0.471. The summed E-state index contributed by atoms with van der Waals surface area (Å²) in [5.41, 5.74) is 0.745. The summed E-state index contributed by atoms with van der Waals surface area (Å²) in [6.07, 6.45) is 2.10. The molecule has 0 saturated carbocycles. The minimum atomic E-state index is -0.489. The van der Waals surface area contributed by atoms with Gasteiger partial charge >= 0.3 is 0 Å². The molecule has 24 heavy (non-hydrogen) atoms. The maximum absolute atomic E-state index is 12.3. The van der Waals surface area contributed by atoms with E-state index in [1.54, 1.807) is 13.3 Å². The highest BCUT2D eigenvalue weighted by molar-refractivity contribution is 7.99. The Balaban J connectivity index is 1.99. The summed E-state index contributed by atoms with van der Waals surface area (Å²) in [7, 11) is 1.88. The normalized spacial score (nSPS) is 12.4. The molecular formula is C17H24N4O2S. The van der Waals surface area contributed by atoms with E-state index in [-0.39, 0.29) is 5.91 Å². The molecule has 0 spiro atoms. The summed E-state index contributed by atoms with van der Waals surface area (Å²) in [5.74, 6) is 0.411. The molecule has 2 aromatic rings. The van der Waals surface area contributed by atoms with Crippen molar-refractivity contribution in [3.8, 4) is 0 Å². The van der Waals surface area contributed by atoms with Gasteiger partial charge in [0.15, 0.2) is 5.16 Å². The summed E-state index contributed by atoms with van der Waals surface area (Å²) < 4.78 is 7.44. The molecule has 0 unspecified atom stereocenters. The molecule has 0 radical (unpaired) electrons. The lowest BCUT2D eigenvalue weighted by molar-refractivity contribution is -0.126. The van der Waals surface area contributed by atoms with E-state index in [1.165, 1.54) is 11.8 Å². The van der Waals surface area contributed by atoms with Crippen LogP contribution in [0.3, 0.4) is 0 Å². The van der Waals surface area contributed by atoms with Crippen LogP contribution in [0.2, 0.25) is 0 Å². The number of amides is 1. The SMILES string of the molecule is CC(C)CCO[C@H](C)C(=O)Nc1ccccc1Sc1nncn1C. The number of hydrogen-bond acceptors (Lipinski definition) is 5. The number of para-hydroxylation sites is 1. The van der Waals surface area contributed by atoms with Crippen LogP contribution in [0.15, 0.2) is 40.6 Å². The number of nitrogens with zero attached hydrogens (tertiary/aromatic N) is 3. The van der Waals surface area contributed by atoms with E-state index in [1.807, 2.05) is 35.9 Å². The lowest BCUT2D eigenvalue weighted by Gasteiger charge is -2.16. The van der Waals surface area contributed by atoms with E-state index in [2.05, 4.69) is 29.4 Å². The van der Waals surface area contributed by atoms with Crippen molar-refractivity contribution in [3.05, 3.63) is 30.6 Å². The van der Waals surface area contributed by atoms with Crippen LogP contribution in [0.1, 0.15) is 27.2 Å². The Morgan fingerprint density at radius 2 is 2.08 bits per heavy atom. The van der Waals surface area contributed by atoms with E-state index in [0.717, 1.165) is 22.2 Å². The van der Waals surface area contributed by atoms with Gasteiger partial charge in [-0.3, -0.25) is 4.79 Å². The Labute approximate surface area is 147 Å². The average molecular weight is 348 g/mol. The first-order valence-electron chi connectivity index (χ1n) is 8.00. The zero-order chi connectivity index (χ0) is 17.5. The highest BCUT2D eigenvalue weighted by Crippen LogP contribution is 2.31. The van der Waals surface area contributed by atoms with Crippen LogP contribution in [0, 0.1) is 5.92 Å². The van der Waals surface area contributed by atoms with Gasteiger partial charge in [-0.25, -0.2) is 0 Å². The first kappa shape index (κ1) is 18.5. The number of carbonyl (C=O) groups excluding carboxylic acids is 1. The Bertz CT molecular complexity index is 672. The smallest absolute Gasteiger partial charge is 0.253 e. The maximum atomic E-state index is 12.3.